The smallest absolute Gasteiger partial charge is 0.323 e. The lowest BCUT2D eigenvalue weighted by molar-refractivity contribution is -0.140. The molecule has 0 heterocycles. The van der Waals surface area contributed by atoms with Crippen molar-refractivity contribution in [2.24, 2.45) is 0 Å². The first-order valence-electron chi connectivity index (χ1n) is 11.2. The van der Waals surface area contributed by atoms with Gasteiger partial charge in [-0.2, -0.15) is 0 Å². The van der Waals surface area contributed by atoms with E-state index in [0.29, 0.717) is 18.9 Å². The predicted octanol–water partition coefficient (Wildman–Crippen LogP) is 4.52. The Balaban J connectivity index is 1.79. The highest BCUT2D eigenvalue weighted by Gasteiger charge is 2.17. The highest BCUT2D eigenvalue weighted by atomic mass is 16.5. The third-order valence-corrected chi connectivity index (χ3v) is 5.73. The fraction of sp³-hybridized carbons (Fsp3) is 0.296. The second-order valence-corrected chi connectivity index (χ2v) is 7.97. The number of aliphatic hydroxyl groups is 1. The van der Waals surface area contributed by atoms with Crippen LogP contribution < -0.4 is 15.4 Å². The molecule has 0 aliphatic carbocycles. The normalized spacial score (nSPS) is 11.8. The van der Waals surface area contributed by atoms with Gasteiger partial charge < -0.3 is 20.3 Å². The van der Waals surface area contributed by atoms with Crippen molar-refractivity contribution >= 4 is 11.7 Å². The number of anilines is 1. The van der Waals surface area contributed by atoms with Gasteiger partial charge in [0.25, 0.3) is 0 Å². The highest BCUT2D eigenvalue weighted by molar-refractivity contribution is 5.73. The Morgan fingerprint density at radius 1 is 1.00 bits per heavy atom. The van der Waals surface area contributed by atoms with Gasteiger partial charge in [0.15, 0.2) is 0 Å². The molecule has 3 aromatic carbocycles. The Bertz CT molecular complexity index is 1080. The summed E-state index contributed by atoms with van der Waals surface area (Å²) < 4.78 is 5.82. The number of hydrogen-bond acceptors (Lipinski definition) is 5. The molecule has 6 nitrogen and oxygen atoms in total. The van der Waals surface area contributed by atoms with Crippen molar-refractivity contribution in [2.75, 3.05) is 18.5 Å². The van der Waals surface area contributed by atoms with E-state index in [4.69, 9.17) is 9.84 Å². The van der Waals surface area contributed by atoms with Gasteiger partial charge >= 0.3 is 5.97 Å². The molecule has 0 bridgehead atoms. The summed E-state index contributed by atoms with van der Waals surface area (Å²) in [5.74, 6) is -0.395. The lowest BCUT2D eigenvalue weighted by atomic mass is 9.96. The third kappa shape index (κ3) is 6.12. The van der Waals surface area contributed by atoms with Crippen molar-refractivity contribution < 1.29 is 19.7 Å². The number of nitrogens with one attached hydrogen (secondary N) is 2. The molecule has 0 amide bonds. The molecule has 33 heavy (non-hydrogen) atoms. The molecule has 0 aromatic heterocycles. The molecule has 1 atom stereocenters. The van der Waals surface area contributed by atoms with E-state index >= 15 is 0 Å². The number of ether oxygens (including phenoxy) is 1. The van der Waals surface area contributed by atoms with Crippen LogP contribution in [0.4, 0.5) is 5.69 Å². The topological polar surface area (TPSA) is 90.8 Å². The number of carbonyl (C=O) groups is 1. The first-order chi connectivity index (χ1) is 15.9. The van der Waals surface area contributed by atoms with E-state index < -0.39 is 18.6 Å². The molecule has 3 rings (SSSR count). The lowest BCUT2D eigenvalue weighted by Gasteiger charge is -2.19. The molecule has 0 radical (unpaired) electrons. The number of carboxylic acids is 1. The van der Waals surface area contributed by atoms with Crippen LogP contribution in [0.15, 0.2) is 60.7 Å². The van der Waals surface area contributed by atoms with Crippen molar-refractivity contribution in [1.29, 1.82) is 0 Å². The summed E-state index contributed by atoms with van der Waals surface area (Å²) in [5.41, 5.74) is 7.72. The summed E-state index contributed by atoms with van der Waals surface area (Å²) in [6.07, 6.45) is 0. The Morgan fingerprint density at radius 3 is 2.42 bits per heavy atom. The number of hydrogen-bond donors (Lipinski definition) is 4. The van der Waals surface area contributed by atoms with Gasteiger partial charge in [-0.15, -0.1) is 0 Å². The quantitative estimate of drug-likeness (QED) is 0.345. The van der Waals surface area contributed by atoms with Crippen LogP contribution in [0.25, 0.3) is 11.1 Å². The zero-order chi connectivity index (χ0) is 23.8. The van der Waals surface area contributed by atoms with Crippen LogP contribution in [-0.4, -0.2) is 35.4 Å². The van der Waals surface area contributed by atoms with E-state index in [1.165, 1.54) is 22.3 Å². The van der Waals surface area contributed by atoms with Crippen LogP contribution in [-0.2, 0) is 17.9 Å². The van der Waals surface area contributed by atoms with Gasteiger partial charge in [-0.3, -0.25) is 10.1 Å². The average Bonchev–Trinajstić information content (AvgIpc) is 2.81. The molecule has 0 aliphatic rings. The minimum absolute atomic E-state index is 0.284. The van der Waals surface area contributed by atoms with Crippen LogP contribution >= 0.6 is 0 Å². The summed E-state index contributed by atoms with van der Waals surface area (Å²) in [4.78, 5) is 11.2. The molecule has 0 saturated carbocycles. The first-order valence-corrected chi connectivity index (χ1v) is 11.2. The Morgan fingerprint density at radius 2 is 1.76 bits per heavy atom. The number of aliphatic carboxylic acids is 1. The number of carboxylic acid groups (broad SMARTS) is 1. The summed E-state index contributed by atoms with van der Waals surface area (Å²) in [6, 6.07) is 19.7. The molecular weight excluding hydrogens is 416 g/mol. The standard InChI is InChI=1S/C27H32N2O4/c1-4-33-26-14-24(18(2)13-22(26)16-29-25(17-30)27(31)32)28-15-21-11-8-12-23(19(21)3)20-9-6-5-7-10-20/h5-14,25,28-30H,4,15-17H2,1-3H3,(H,31,32)/t25-/m1/s1. The fourth-order valence-electron chi connectivity index (χ4n) is 3.83. The van der Waals surface area contributed by atoms with Crippen LogP contribution in [0.3, 0.4) is 0 Å². The highest BCUT2D eigenvalue weighted by Crippen LogP contribution is 2.30. The SMILES string of the molecule is CCOc1cc(NCc2cccc(-c3ccccc3)c2C)c(C)cc1CN[C@H](CO)C(=O)O. The monoisotopic (exact) mass is 448 g/mol. The summed E-state index contributed by atoms with van der Waals surface area (Å²) >= 11 is 0. The van der Waals surface area contributed by atoms with Crippen LogP contribution in [0, 0.1) is 13.8 Å². The molecular formula is C27H32N2O4. The molecule has 0 fully saturated rings. The van der Waals surface area contributed by atoms with E-state index in [9.17, 15) is 9.90 Å². The lowest BCUT2D eigenvalue weighted by Crippen LogP contribution is -2.39. The van der Waals surface area contributed by atoms with Crippen molar-refractivity contribution in [3.8, 4) is 16.9 Å². The third-order valence-electron chi connectivity index (χ3n) is 5.73. The van der Waals surface area contributed by atoms with Gasteiger partial charge in [-0.05, 0) is 54.7 Å². The van der Waals surface area contributed by atoms with Gasteiger partial charge in [0.2, 0.25) is 0 Å². The zero-order valence-corrected chi connectivity index (χ0v) is 19.4. The van der Waals surface area contributed by atoms with Gasteiger partial charge in [0.1, 0.15) is 11.8 Å². The van der Waals surface area contributed by atoms with Gasteiger partial charge in [-0.25, -0.2) is 0 Å². The molecule has 3 aromatic rings. The van der Waals surface area contributed by atoms with Crippen molar-refractivity contribution in [2.45, 2.75) is 39.9 Å². The number of aryl methyl sites for hydroxylation is 1. The van der Waals surface area contributed by atoms with E-state index in [1.54, 1.807) is 0 Å². The number of rotatable bonds is 11. The largest absolute Gasteiger partial charge is 0.493 e. The summed E-state index contributed by atoms with van der Waals surface area (Å²) in [5, 5.41) is 24.8. The maximum absolute atomic E-state index is 11.2. The van der Waals surface area contributed by atoms with E-state index in [1.807, 2.05) is 44.2 Å². The molecule has 174 valence electrons. The van der Waals surface area contributed by atoms with Crippen LogP contribution in [0.1, 0.15) is 29.2 Å². The van der Waals surface area contributed by atoms with Crippen molar-refractivity contribution in [1.82, 2.24) is 5.32 Å². The molecule has 0 spiro atoms. The molecule has 6 heteroatoms. The number of aliphatic hydroxyl groups excluding tert-OH is 1. The molecule has 0 saturated heterocycles. The summed E-state index contributed by atoms with van der Waals surface area (Å²) in [7, 11) is 0. The second kappa shape index (κ2) is 11.5. The maximum atomic E-state index is 11.2. The Hall–Kier alpha value is -3.35. The van der Waals surface area contributed by atoms with E-state index in [-0.39, 0.29) is 6.54 Å². The maximum Gasteiger partial charge on any atom is 0.323 e. The van der Waals surface area contributed by atoms with Gasteiger partial charge in [-0.1, -0.05) is 48.5 Å². The second-order valence-electron chi connectivity index (χ2n) is 7.97. The minimum Gasteiger partial charge on any atom is -0.493 e. The van der Waals surface area contributed by atoms with Gasteiger partial charge in [0.05, 0.1) is 13.2 Å². The van der Waals surface area contributed by atoms with Crippen LogP contribution in [0.2, 0.25) is 0 Å². The minimum atomic E-state index is -1.08. The molecule has 4 N–H and O–H groups in total. The zero-order valence-electron chi connectivity index (χ0n) is 19.4. The van der Waals surface area contributed by atoms with Crippen molar-refractivity contribution in [3.63, 3.8) is 0 Å². The van der Waals surface area contributed by atoms with Crippen molar-refractivity contribution in [3.05, 3.63) is 82.9 Å². The molecule has 0 unspecified atom stereocenters. The summed E-state index contributed by atoms with van der Waals surface area (Å²) in [6.45, 7) is 7.04. The average molecular weight is 449 g/mol. The predicted molar refractivity (Wildman–Crippen MR) is 132 cm³/mol. The Labute approximate surface area is 195 Å². The first kappa shape index (κ1) is 24.3. The van der Waals surface area contributed by atoms with E-state index in [2.05, 4.69) is 47.9 Å². The Kier molecular flexibility index (Phi) is 8.46. The van der Waals surface area contributed by atoms with Gasteiger partial charge in [0, 0.05) is 30.4 Å². The van der Waals surface area contributed by atoms with E-state index in [0.717, 1.165) is 16.8 Å². The van der Waals surface area contributed by atoms with Crippen LogP contribution in [0.5, 0.6) is 5.75 Å². The molecule has 0 aliphatic heterocycles. The fourth-order valence-corrected chi connectivity index (χ4v) is 3.83. The number of benzene rings is 3.